The Hall–Kier alpha value is -2.66. The van der Waals surface area contributed by atoms with Gasteiger partial charge in [0.2, 0.25) is 0 Å². The SMILES string of the molecule is COC[C@H]1O[C@@H](n2cnc3c(Nc4cccc(F)c4)nc(C)nc32)C(O)C1O. The monoisotopic (exact) mass is 389 g/mol. The molecule has 148 valence electrons. The van der Waals surface area contributed by atoms with Crippen molar-refractivity contribution < 1.29 is 24.1 Å². The van der Waals surface area contributed by atoms with Crippen molar-refractivity contribution in [2.45, 2.75) is 31.5 Å². The number of hydrogen-bond donors (Lipinski definition) is 3. The summed E-state index contributed by atoms with van der Waals surface area (Å²) in [6, 6.07) is 5.98. The van der Waals surface area contributed by atoms with Crippen LogP contribution in [0.15, 0.2) is 30.6 Å². The molecule has 0 spiro atoms. The van der Waals surface area contributed by atoms with Crippen LogP contribution in [0.25, 0.3) is 11.2 Å². The number of methoxy groups -OCH3 is 1. The molecule has 1 aliphatic heterocycles. The van der Waals surface area contributed by atoms with Gasteiger partial charge in [-0.1, -0.05) is 6.07 Å². The largest absolute Gasteiger partial charge is 0.387 e. The van der Waals surface area contributed by atoms with Crippen LogP contribution in [0.1, 0.15) is 12.1 Å². The van der Waals surface area contributed by atoms with E-state index in [1.165, 1.54) is 25.6 Å². The van der Waals surface area contributed by atoms with Crippen molar-refractivity contribution in [1.82, 2.24) is 19.5 Å². The van der Waals surface area contributed by atoms with Gasteiger partial charge in [0, 0.05) is 12.8 Å². The van der Waals surface area contributed by atoms with E-state index in [4.69, 9.17) is 9.47 Å². The first-order valence-corrected chi connectivity index (χ1v) is 8.72. The molecule has 2 unspecified atom stereocenters. The number of aryl methyl sites for hydroxylation is 1. The Morgan fingerprint density at radius 1 is 1.29 bits per heavy atom. The second-order valence-electron chi connectivity index (χ2n) is 6.58. The van der Waals surface area contributed by atoms with Crippen LogP contribution in [0.4, 0.5) is 15.9 Å². The van der Waals surface area contributed by atoms with Gasteiger partial charge in [-0.3, -0.25) is 4.57 Å². The smallest absolute Gasteiger partial charge is 0.167 e. The zero-order chi connectivity index (χ0) is 19.8. The molecule has 3 N–H and O–H groups in total. The number of aliphatic hydroxyl groups is 2. The third kappa shape index (κ3) is 3.31. The van der Waals surface area contributed by atoms with Gasteiger partial charge in [0.1, 0.15) is 30.0 Å². The van der Waals surface area contributed by atoms with Crippen molar-refractivity contribution in [2.24, 2.45) is 0 Å². The minimum Gasteiger partial charge on any atom is -0.387 e. The number of fused-ring (bicyclic) bond motifs is 1. The summed E-state index contributed by atoms with van der Waals surface area (Å²) >= 11 is 0. The summed E-state index contributed by atoms with van der Waals surface area (Å²) in [5, 5.41) is 23.6. The molecule has 0 saturated carbocycles. The molecule has 0 radical (unpaired) electrons. The number of halogens is 1. The van der Waals surface area contributed by atoms with Gasteiger partial charge in [-0.25, -0.2) is 19.3 Å². The first-order chi connectivity index (χ1) is 13.5. The number of anilines is 2. The lowest BCUT2D eigenvalue weighted by Crippen LogP contribution is -2.33. The normalized spacial score (nSPS) is 24.8. The lowest BCUT2D eigenvalue weighted by molar-refractivity contribution is -0.0580. The van der Waals surface area contributed by atoms with E-state index in [9.17, 15) is 14.6 Å². The van der Waals surface area contributed by atoms with Gasteiger partial charge in [-0.15, -0.1) is 0 Å². The molecule has 1 fully saturated rings. The molecule has 4 atom stereocenters. The van der Waals surface area contributed by atoms with Gasteiger partial charge in [0.05, 0.1) is 12.9 Å². The van der Waals surface area contributed by atoms with Crippen molar-refractivity contribution in [2.75, 3.05) is 19.0 Å². The predicted molar refractivity (Wildman–Crippen MR) is 97.5 cm³/mol. The van der Waals surface area contributed by atoms with Crippen LogP contribution >= 0.6 is 0 Å². The molecule has 3 aromatic rings. The second kappa shape index (κ2) is 7.40. The zero-order valence-corrected chi connectivity index (χ0v) is 15.3. The van der Waals surface area contributed by atoms with Crippen LogP contribution in [-0.4, -0.2) is 61.8 Å². The van der Waals surface area contributed by atoms with Gasteiger partial charge in [0.25, 0.3) is 0 Å². The molecule has 0 amide bonds. The van der Waals surface area contributed by atoms with E-state index in [1.807, 2.05) is 0 Å². The molecule has 10 heteroatoms. The molecule has 0 aliphatic carbocycles. The minimum absolute atomic E-state index is 0.141. The summed E-state index contributed by atoms with van der Waals surface area (Å²) in [6.07, 6.45) is -2.36. The number of ether oxygens (including phenoxy) is 2. The molecule has 28 heavy (non-hydrogen) atoms. The van der Waals surface area contributed by atoms with Crippen LogP contribution in [0.3, 0.4) is 0 Å². The molecular weight excluding hydrogens is 369 g/mol. The molecule has 1 aliphatic rings. The number of hydrogen-bond acceptors (Lipinski definition) is 8. The van der Waals surface area contributed by atoms with Crippen LogP contribution in [0.2, 0.25) is 0 Å². The van der Waals surface area contributed by atoms with Crippen LogP contribution < -0.4 is 5.32 Å². The number of nitrogens with zero attached hydrogens (tertiary/aromatic N) is 4. The first-order valence-electron chi connectivity index (χ1n) is 8.72. The lowest BCUT2D eigenvalue weighted by Gasteiger charge is -2.17. The Kier molecular flexibility index (Phi) is 4.94. The number of imidazole rings is 1. The minimum atomic E-state index is -1.17. The van der Waals surface area contributed by atoms with Crippen molar-refractivity contribution in [3.63, 3.8) is 0 Å². The Balaban J connectivity index is 1.71. The van der Waals surface area contributed by atoms with Gasteiger partial charge in [-0.2, -0.15) is 0 Å². The summed E-state index contributed by atoms with van der Waals surface area (Å²) < 4.78 is 25.8. The van der Waals surface area contributed by atoms with Gasteiger partial charge in [-0.05, 0) is 25.1 Å². The summed E-state index contributed by atoms with van der Waals surface area (Å²) in [7, 11) is 1.49. The maximum atomic E-state index is 13.5. The average Bonchev–Trinajstić information content (AvgIpc) is 3.18. The summed E-state index contributed by atoms with van der Waals surface area (Å²) in [5.74, 6) is 0.473. The number of rotatable bonds is 5. The fraction of sp³-hybridized carbons (Fsp3) is 0.389. The third-order valence-corrected chi connectivity index (χ3v) is 4.56. The lowest BCUT2D eigenvalue weighted by atomic mass is 10.1. The van der Waals surface area contributed by atoms with E-state index in [-0.39, 0.29) is 12.4 Å². The van der Waals surface area contributed by atoms with Crippen molar-refractivity contribution in [3.8, 4) is 0 Å². The van der Waals surface area contributed by atoms with Gasteiger partial charge < -0.3 is 25.0 Å². The number of nitrogens with one attached hydrogen (secondary N) is 1. The first kappa shape index (κ1) is 18.7. The van der Waals surface area contributed by atoms with Crippen molar-refractivity contribution in [3.05, 3.63) is 42.2 Å². The summed E-state index contributed by atoms with van der Waals surface area (Å²) in [5.41, 5.74) is 1.36. The maximum Gasteiger partial charge on any atom is 0.167 e. The van der Waals surface area contributed by atoms with E-state index in [1.54, 1.807) is 23.6 Å². The average molecular weight is 389 g/mol. The molecule has 1 aromatic carbocycles. The highest BCUT2D eigenvalue weighted by Gasteiger charge is 2.44. The Morgan fingerprint density at radius 2 is 2.11 bits per heavy atom. The number of benzene rings is 1. The van der Waals surface area contributed by atoms with E-state index in [2.05, 4.69) is 20.3 Å². The van der Waals surface area contributed by atoms with Crippen LogP contribution in [0.5, 0.6) is 0 Å². The highest BCUT2D eigenvalue weighted by molar-refractivity contribution is 5.85. The topological polar surface area (TPSA) is 115 Å². The standard InChI is InChI=1S/C18H20FN5O4/c1-9-21-16(23-11-5-3-4-10(19)6-11)13-17(22-9)24(8-20-13)18-15(26)14(25)12(28-18)7-27-2/h3-6,8,12,14-15,18,25-26H,7H2,1-2H3,(H,21,22,23)/t12-,14?,15?,18-/m1/s1. The third-order valence-electron chi connectivity index (χ3n) is 4.56. The van der Waals surface area contributed by atoms with Crippen LogP contribution in [0, 0.1) is 12.7 Å². The van der Waals surface area contributed by atoms with Gasteiger partial charge >= 0.3 is 0 Å². The molecule has 0 bridgehead atoms. The van der Waals surface area contributed by atoms with E-state index < -0.39 is 24.5 Å². The second-order valence-corrected chi connectivity index (χ2v) is 6.58. The molecule has 4 rings (SSSR count). The highest BCUT2D eigenvalue weighted by atomic mass is 19.1. The Morgan fingerprint density at radius 3 is 2.86 bits per heavy atom. The van der Waals surface area contributed by atoms with Gasteiger partial charge in [0.15, 0.2) is 23.2 Å². The highest BCUT2D eigenvalue weighted by Crippen LogP contribution is 2.33. The van der Waals surface area contributed by atoms with Crippen LogP contribution in [-0.2, 0) is 9.47 Å². The van der Waals surface area contributed by atoms with E-state index >= 15 is 0 Å². The zero-order valence-electron chi connectivity index (χ0n) is 15.3. The number of aromatic nitrogens is 4. The van der Waals surface area contributed by atoms with Crippen molar-refractivity contribution in [1.29, 1.82) is 0 Å². The quantitative estimate of drug-likeness (QED) is 0.598. The molecular formula is C18H20FN5O4. The number of aliphatic hydroxyl groups excluding tert-OH is 2. The van der Waals surface area contributed by atoms with E-state index in [0.29, 0.717) is 28.5 Å². The van der Waals surface area contributed by atoms with E-state index in [0.717, 1.165) is 0 Å². The summed E-state index contributed by atoms with van der Waals surface area (Å²) in [4.78, 5) is 13.1. The predicted octanol–water partition coefficient (Wildman–Crippen LogP) is 1.28. The molecule has 3 heterocycles. The Bertz CT molecular complexity index is 997. The molecule has 9 nitrogen and oxygen atoms in total. The fourth-order valence-corrected chi connectivity index (χ4v) is 3.26. The Labute approximate surface area is 159 Å². The molecule has 2 aromatic heterocycles. The van der Waals surface area contributed by atoms with Crippen molar-refractivity contribution >= 4 is 22.7 Å². The fourth-order valence-electron chi connectivity index (χ4n) is 3.26. The summed E-state index contributed by atoms with van der Waals surface area (Å²) in [6.45, 7) is 1.85. The molecule has 1 saturated heterocycles. The maximum absolute atomic E-state index is 13.5.